The van der Waals surface area contributed by atoms with Crippen molar-refractivity contribution >= 4 is 17.7 Å². The summed E-state index contributed by atoms with van der Waals surface area (Å²) in [7, 11) is 1.78. The monoisotopic (exact) mass is 349 g/mol. The van der Waals surface area contributed by atoms with Gasteiger partial charge in [0.15, 0.2) is 0 Å². The van der Waals surface area contributed by atoms with E-state index in [0.29, 0.717) is 13.2 Å². The lowest BCUT2D eigenvalue weighted by molar-refractivity contribution is -0.130. The van der Waals surface area contributed by atoms with Crippen LogP contribution < -0.4 is 10.2 Å². The highest BCUT2D eigenvalue weighted by molar-refractivity contribution is 5.77. The molecule has 0 unspecified atom stereocenters. The summed E-state index contributed by atoms with van der Waals surface area (Å²) in [5.74, 6) is -0.0198. The molecule has 0 saturated carbocycles. The molecule has 2 amide bonds. The average Bonchev–Trinajstić information content (AvgIpc) is 2.63. The lowest BCUT2D eigenvalue weighted by Crippen LogP contribution is -2.37. The van der Waals surface area contributed by atoms with Crippen LogP contribution in [0.15, 0.2) is 24.3 Å². The van der Waals surface area contributed by atoms with Crippen LogP contribution in [0.3, 0.4) is 0 Å². The molecule has 0 aromatic heterocycles. The fourth-order valence-electron chi connectivity index (χ4n) is 2.75. The highest BCUT2D eigenvalue weighted by atomic mass is 16.5. The first kappa shape index (κ1) is 19.1. The first-order valence-electron chi connectivity index (χ1n) is 8.67. The first-order valence-corrected chi connectivity index (χ1v) is 8.67. The highest BCUT2D eigenvalue weighted by Gasteiger charge is 2.17. The van der Waals surface area contributed by atoms with Crippen LogP contribution in [0.4, 0.5) is 10.5 Å². The molecule has 138 valence electrons. The van der Waals surface area contributed by atoms with Gasteiger partial charge in [0, 0.05) is 45.3 Å². The maximum Gasteiger partial charge on any atom is 0.407 e. The predicted molar refractivity (Wildman–Crippen MR) is 95.6 cm³/mol. The molecule has 0 atom stereocenters. The number of benzene rings is 1. The number of morpholine rings is 1. The van der Waals surface area contributed by atoms with Gasteiger partial charge in [0.25, 0.3) is 0 Å². The number of hydrogen-bond acceptors (Lipinski definition) is 5. The van der Waals surface area contributed by atoms with Crippen LogP contribution in [0.2, 0.25) is 0 Å². The van der Waals surface area contributed by atoms with Gasteiger partial charge in [-0.2, -0.15) is 0 Å². The van der Waals surface area contributed by atoms with Crippen molar-refractivity contribution in [2.45, 2.75) is 19.9 Å². The molecule has 1 aromatic carbocycles. The molecule has 2 rings (SSSR count). The van der Waals surface area contributed by atoms with Crippen molar-refractivity contribution in [1.82, 2.24) is 10.2 Å². The summed E-state index contributed by atoms with van der Waals surface area (Å²) in [4.78, 5) is 27.5. The third kappa shape index (κ3) is 5.94. The van der Waals surface area contributed by atoms with Crippen molar-refractivity contribution in [3.63, 3.8) is 0 Å². The van der Waals surface area contributed by atoms with Crippen molar-refractivity contribution in [3.8, 4) is 0 Å². The minimum atomic E-state index is -0.490. The summed E-state index contributed by atoms with van der Waals surface area (Å²) >= 11 is 0. The van der Waals surface area contributed by atoms with Gasteiger partial charge >= 0.3 is 6.09 Å². The fourth-order valence-corrected chi connectivity index (χ4v) is 2.75. The summed E-state index contributed by atoms with van der Waals surface area (Å²) in [6.07, 6.45) is -0.245. The molecule has 1 N–H and O–H groups in total. The highest BCUT2D eigenvalue weighted by Crippen LogP contribution is 2.22. The third-order valence-electron chi connectivity index (χ3n) is 4.06. The number of ether oxygens (including phenoxy) is 2. The minimum absolute atomic E-state index is 0.0198. The van der Waals surface area contributed by atoms with Crippen molar-refractivity contribution in [3.05, 3.63) is 29.8 Å². The average molecular weight is 349 g/mol. The lowest BCUT2D eigenvalue weighted by Gasteiger charge is -2.31. The Hall–Kier alpha value is -2.28. The van der Waals surface area contributed by atoms with Gasteiger partial charge in [0.1, 0.15) is 0 Å². The van der Waals surface area contributed by atoms with E-state index >= 15 is 0 Å². The van der Waals surface area contributed by atoms with Gasteiger partial charge in [0.05, 0.1) is 19.8 Å². The SMILES string of the molecule is CCOC(=O)NCCC(=O)N(C)Cc1ccccc1N1CCOCC1. The second-order valence-electron chi connectivity index (χ2n) is 5.88. The maximum atomic E-state index is 12.3. The molecule has 1 saturated heterocycles. The molecule has 7 heteroatoms. The van der Waals surface area contributed by atoms with Crippen LogP contribution >= 0.6 is 0 Å². The Morgan fingerprint density at radius 3 is 2.72 bits per heavy atom. The fraction of sp³-hybridized carbons (Fsp3) is 0.556. The number of rotatable bonds is 7. The normalized spacial score (nSPS) is 14.1. The molecular weight excluding hydrogens is 322 g/mol. The Bertz CT molecular complexity index is 573. The second-order valence-corrected chi connectivity index (χ2v) is 5.88. The number of alkyl carbamates (subject to hydrolysis) is 1. The van der Waals surface area contributed by atoms with Gasteiger partial charge in [0.2, 0.25) is 5.91 Å². The Morgan fingerprint density at radius 2 is 2.00 bits per heavy atom. The number of hydrogen-bond donors (Lipinski definition) is 1. The predicted octanol–water partition coefficient (Wildman–Crippen LogP) is 1.62. The van der Waals surface area contributed by atoms with E-state index < -0.39 is 6.09 Å². The van der Waals surface area contributed by atoms with Gasteiger partial charge in [-0.15, -0.1) is 0 Å². The second kappa shape index (κ2) is 9.88. The Balaban J connectivity index is 1.88. The van der Waals surface area contributed by atoms with Crippen molar-refractivity contribution < 1.29 is 19.1 Å². The smallest absolute Gasteiger partial charge is 0.407 e. The van der Waals surface area contributed by atoms with Crippen LogP contribution in [0.1, 0.15) is 18.9 Å². The van der Waals surface area contributed by atoms with E-state index in [4.69, 9.17) is 9.47 Å². The molecule has 0 bridgehead atoms. The van der Waals surface area contributed by atoms with E-state index in [1.807, 2.05) is 18.2 Å². The minimum Gasteiger partial charge on any atom is -0.450 e. The zero-order valence-corrected chi connectivity index (χ0v) is 15.0. The molecule has 7 nitrogen and oxygen atoms in total. The van der Waals surface area contributed by atoms with E-state index in [9.17, 15) is 9.59 Å². The quantitative estimate of drug-likeness (QED) is 0.810. The molecule has 0 radical (unpaired) electrons. The van der Waals surface area contributed by atoms with E-state index in [-0.39, 0.29) is 18.9 Å². The molecule has 0 aliphatic carbocycles. The van der Waals surface area contributed by atoms with Gasteiger partial charge < -0.3 is 24.6 Å². The van der Waals surface area contributed by atoms with Crippen LogP contribution in [0, 0.1) is 0 Å². The number of para-hydroxylation sites is 1. The van der Waals surface area contributed by atoms with E-state index in [1.54, 1.807) is 18.9 Å². The number of carbonyl (C=O) groups is 2. The topological polar surface area (TPSA) is 71.1 Å². The van der Waals surface area contributed by atoms with E-state index in [1.165, 1.54) is 0 Å². The summed E-state index contributed by atoms with van der Waals surface area (Å²) in [6.45, 7) is 6.03. The Morgan fingerprint density at radius 1 is 1.28 bits per heavy atom. The largest absolute Gasteiger partial charge is 0.450 e. The summed E-state index contributed by atoms with van der Waals surface area (Å²) in [6, 6.07) is 8.13. The molecule has 1 fully saturated rings. The first-order chi connectivity index (χ1) is 12.1. The molecule has 1 aliphatic rings. The number of anilines is 1. The summed E-state index contributed by atoms with van der Waals surface area (Å²) < 4.78 is 10.2. The molecule has 1 heterocycles. The molecular formula is C18H27N3O4. The molecule has 25 heavy (non-hydrogen) atoms. The van der Waals surface area contributed by atoms with Crippen molar-refractivity contribution in [2.24, 2.45) is 0 Å². The zero-order valence-electron chi connectivity index (χ0n) is 15.0. The van der Waals surface area contributed by atoms with Crippen LogP contribution in [-0.2, 0) is 20.8 Å². The number of amides is 2. The van der Waals surface area contributed by atoms with Gasteiger partial charge in [-0.3, -0.25) is 4.79 Å². The molecule has 1 aromatic rings. The standard InChI is InChI=1S/C18H27N3O4/c1-3-25-18(23)19-9-8-17(22)20(2)14-15-6-4-5-7-16(15)21-10-12-24-13-11-21/h4-7H,3,8-14H2,1-2H3,(H,19,23). The van der Waals surface area contributed by atoms with E-state index in [0.717, 1.165) is 37.6 Å². The van der Waals surface area contributed by atoms with Gasteiger partial charge in [-0.05, 0) is 18.6 Å². The van der Waals surface area contributed by atoms with Crippen LogP contribution in [0.5, 0.6) is 0 Å². The molecule has 0 spiro atoms. The number of nitrogens with zero attached hydrogens (tertiary/aromatic N) is 2. The Kier molecular flexibility index (Phi) is 7.53. The molecule has 1 aliphatic heterocycles. The summed E-state index contributed by atoms with van der Waals surface area (Å²) in [5.41, 5.74) is 2.26. The van der Waals surface area contributed by atoms with Crippen molar-refractivity contribution in [1.29, 1.82) is 0 Å². The van der Waals surface area contributed by atoms with E-state index in [2.05, 4.69) is 16.3 Å². The lowest BCUT2D eigenvalue weighted by atomic mass is 10.1. The van der Waals surface area contributed by atoms with Crippen LogP contribution in [-0.4, -0.2) is 63.4 Å². The van der Waals surface area contributed by atoms with Gasteiger partial charge in [-0.1, -0.05) is 18.2 Å². The Labute approximate surface area is 148 Å². The number of nitrogens with one attached hydrogen (secondary N) is 1. The maximum absolute atomic E-state index is 12.3. The zero-order chi connectivity index (χ0) is 18.1. The van der Waals surface area contributed by atoms with Crippen LogP contribution in [0.25, 0.3) is 0 Å². The third-order valence-corrected chi connectivity index (χ3v) is 4.06. The summed E-state index contributed by atoms with van der Waals surface area (Å²) in [5, 5.41) is 2.57. The number of carbonyl (C=O) groups excluding carboxylic acids is 2. The van der Waals surface area contributed by atoms with Crippen molar-refractivity contribution in [2.75, 3.05) is 51.4 Å². The van der Waals surface area contributed by atoms with Gasteiger partial charge in [-0.25, -0.2) is 4.79 Å².